The van der Waals surface area contributed by atoms with Gasteiger partial charge in [-0.3, -0.25) is 4.79 Å². The van der Waals surface area contributed by atoms with Crippen LogP contribution < -0.4 is 10.1 Å². The van der Waals surface area contributed by atoms with Gasteiger partial charge in [-0.1, -0.05) is 52.0 Å². The van der Waals surface area contributed by atoms with Crippen molar-refractivity contribution in [3.63, 3.8) is 0 Å². The molecule has 0 radical (unpaired) electrons. The third-order valence-corrected chi connectivity index (χ3v) is 6.78. The number of oxazole rings is 1. The topological polar surface area (TPSA) is 64.4 Å². The molecule has 0 unspecified atom stereocenters. The van der Waals surface area contributed by atoms with Gasteiger partial charge in [0.2, 0.25) is 5.89 Å². The van der Waals surface area contributed by atoms with Crippen molar-refractivity contribution in [1.29, 1.82) is 0 Å². The highest BCUT2D eigenvalue weighted by molar-refractivity contribution is 5.93. The molecule has 0 aliphatic carbocycles. The molecule has 3 aromatic carbocycles. The molecule has 0 fully saturated rings. The monoisotopic (exact) mass is 470 g/mol. The summed E-state index contributed by atoms with van der Waals surface area (Å²) in [5.74, 6) is 1.98. The van der Waals surface area contributed by atoms with E-state index < -0.39 is 0 Å². The Morgan fingerprint density at radius 1 is 0.943 bits per heavy atom. The Balaban J connectivity index is 1.45. The van der Waals surface area contributed by atoms with Gasteiger partial charge in [0, 0.05) is 11.3 Å². The summed E-state index contributed by atoms with van der Waals surface area (Å²) in [5, 5.41) is 2.96. The Bertz CT molecular complexity index is 1310. The second-order valence-electron chi connectivity index (χ2n) is 9.30. The number of nitrogens with one attached hydrogen (secondary N) is 1. The minimum Gasteiger partial charge on any atom is -0.484 e. The molecular weight excluding hydrogens is 436 g/mol. The summed E-state index contributed by atoms with van der Waals surface area (Å²) in [4.78, 5) is 17.3. The van der Waals surface area contributed by atoms with Crippen molar-refractivity contribution in [3.05, 3.63) is 77.4 Å². The molecule has 0 aliphatic heterocycles. The zero-order chi connectivity index (χ0) is 24.9. The van der Waals surface area contributed by atoms with Gasteiger partial charge in [-0.05, 0) is 84.7 Å². The number of fused-ring (bicyclic) bond motifs is 1. The van der Waals surface area contributed by atoms with Crippen molar-refractivity contribution in [1.82, 2.24) is 4.98 Å². The Hall–Kier alpha value is -3.60. The van der Waals surface area contributed by atoms with Crippen LogP contribution in [0.1, 0.15) is 69.1 Å². The number of aryl methyl sites for hydroxylation is 1. The Morgan fingerprint density at radius 3 is 2.34 bits per heavy atom. The van der Waals surface area contributed by atoms with Crippen LogP contribution in [0.3, 0.4) is 0 Å². The number of carbonyl (C=O) groups is 1. The van der Waals surface area contributed by atoms with E-state index in [-0.39, 0.29) is 12.5 Å². The quantitative estimate of drug-likeness (QED) is 0.270. The van der Waals surface area contributed by atoms with Crippen LogP contribution >= 0.6 is 0 Å². The number of amides is 1. The van der Waals surface area contributed by atoms with Gasteiger partial charge in [0.15, 0.2) is 12.2 Å². The molecule has 1 heterocycles. The molecule has 5 heteroatoms. The van der Waals surface area contributed by atoms with Gasteiger partial charge in [0.05, 0.1) is 0 Å². The summed E-state index contributed by atoms with van der Waals surface area (Å²) < 4.78 is 11.7. The summed E-state index contributed by atoms with van der Waals surface area (Å²) in [6.07, 6.45) is 2.16. The summed E-state index contributed by atoms with van der Waals surface area (Å²) in [7, 11) is 0. The van der Waals surface area contributed by atoms with Gasteiger partial charge in [-0.15, -0.1) is 0 Å². The lowest BCUT2D eigenvalue weighted by molar-refractivity contribution is -0.118. The maximum atomic E-state index is 12.6. The fourth-order valence-corrected chi connectivity index (χ4v) is 3.96. The lowest BCUT2D eigenvalue weighted by Gasteiger charge is -2.12. The molecule has 0 saturated carbocycles. The zero-order valence-corrected chi connectivity index (χ0v) is 21.2. The fourth-order valence-electron chi connectivity index (χ4n) is 3.96. The van der Waals surface area contributed by atoms with E-state index >= 15 is 0 Å². The van der Waals surface area contributed by atoms with Crippen LogP contribution in [-0.2, 0) is 4.79 Å². The van der Waals surface area contributed by atoms with Crippen molar-refractivity contribution in [2.45, 2.75) is 59.3 Å². The first-order valence-corrected chi connectivity index (χ1v) is 12.4. The summed E-state index contributed by atoms with van der Waals surface area (Å²) in [6, 6.07) is 19.9. The van der Waals surface area contributed by atoms with Gasteiger partial charge in [-0.2, -0.15) is 0 Å². The predicted octanol–water partition coefficient (Wildman–Crippen LogP) is 7.85. The molecule has 5 nitrogen and oxygen atoms in total. The van der Waals surface area contributed by atoms with Crippen LogP contribution in [0.5, 0.6) is 5.75 Å². The van der Waals surface area contributed by atoms with Gasteiger partial charge in [-0.25, -0.2) is 4.98 Å². The minimum atomic E-state index is -0.216. The second kappa shape index (κ2) is 10.8. The van der Waals surface area contributed by atoms with Gasteiger partial charge >= 0.3 is 0 Å². The standard InChI is InChI=1S/C30H34N2O3/c1-6-19(3)22-10-13-25(14-11-22)34-18-29(33)31-26-17-24(9-8-21(26)5)30-32-27-16-23(20(4)7-2)12-15-28(27)35-30/h8-17,19-20H,6-7,18H2,1-5H3,(H,31,33)/t19-,20+/m0/s1. The van der Waals surface area contributed by atoms with Crippen LogP contribution in [-0.4, -0.2) is 17.5 Å². The smallest absolute Gasteiger partial charge is 0.262 e. The molecule has 2 atom stereocenters. The zero-order valence-electron chi connectivity index (χ0n) is 21.2. The molecule has 0 bridgehead atoms. The van der Waals surface area contributed by atoms with Crippen molar-refractivity contribution < 1.29 is 13.9 Å². The normalized spacial score (nSPS) is 12.9. The maximum absolute atomic E-state index is 12.6. The first kappa shape index (κ1) is 24.5. The third-order valence-electron chi connectivity index (χ3n) is 6.78. The summed E-state index contributed by atoms with van der Waals surface area (Å²) >= 11 is 0. The summed E-state index contributed by atoms with van der Waals surface area (Å²) in [6.45, 7) is 10.7. The van der Waals surface area contributed by atoms with Crippen LogP contribution in [0.25, 0.3) is 22.6 Å². The number of hydrogen-bond acceptors (Lipinski definition) is 4. The highest BCUT2D eigenvalue weighted by Gasteiger charge is 2.14. The highest BCUT2D eigenvalue weighted by Crippen LogP contribution is 2.30. The molecule has 0 saturated heterocycles. The first-order valence-electron chi connectivity index (χ1n) is 12.4. The molecule has 4 rings (SSSR count). The molecule has 35 heavy (non-hydrogen) atoms. The Kier molecular flexibility index (Phi) is 7.54. The molecule has 1 N–H and O–H groups in total. The van der Waals surface area contributed by atoms with Crippen LogP contribution in [0.15, 0.2) is 65.1 Å². The summed E-state index contributed by atoms with van der Waals surface area (Å²) in [5.41, 5.74) is 6.61. The lowest BCUT2D eigenvalue weighted by Crippen LogP contribution is -2.20. The molecule has 182 valence electrons. The first-order chi connectivity index (χ1) is 16.9. The SMILES string of the molecule is CC[C@@H](C)c1ccc2oc(-c3ccc(C)c(NC(=O)COc4ccc([C@@H](C)CC)cc4)c3)nc2c1. The minimum absolute atomic E-state index is 0.0619. The molecular formula is C30H34N2O3. The van der Waals surface area contributed by atoms with Crippen molar-refractivity contribution in [2.24, 2.45) is 0 Å². The molecule has 1 aromatic heterocycles. The van der Waals surface area contributed by atoms with Crippen molar-refractivity contribution in [2.75, 3.05) is 11.9 Å². The van der Waals surface area contributed by atoms with E-state index in [0.29, 0.717) is 29.2 Å². The fraction of sp³-hybridized carbons (Fsp3) is 0.333. The molecule has 0 aliphatic rings. The van der Waals surface area contributed by atoms with Gasteiger partial charge < -0.3 is 14.5 Å². The van der Waals surface area contributed by atoms with E-state index in [1.807, 2.05) is 43.3 Å². The van der Waals surface area contributed by atoms with Gasteiger partial charge in [0.1, 0.15) is 11.3 Å². The second-order valence-corrected chi connectivity index (χ2v) is 9.30. The van der Waals surface area contributed by atoms with E-state index in [9.17, 15) is 4.79 Å². The lowest BCUT2D eigenvalue weighted by atomic mass is 9.98. The van der Waals surface area contributed by atoms with E-state index in [1.165, 1.54) is 11.1 Å². The maximum Gasteiger partial charge on any atom is 0.262 e. The predicted molar refractivity (Wildman–Crippen MR) is 142 cm³/mol. The van der Waals surface area contributed by atoms with E-state index in [0.717, 1.165) is 35.1 Å². The Morgan fingerprint density at radius 2 is 1.63 bits per heavy atom. The number of ether oxygens (including phenoxy) is 1. The number of anilines is 1. The van der Waals surface area contributed by atoms with Crippen LogP contribution in [0.4, 0.5) is 5.69 Å². The largest absolute Gasteiger partial charge is 0.484 e. The van der Waals surface area contributed by atoms with E-state index in [1.54, 1.807) is 0 Å². The molecule has 0 spiro atoms. The number of rotatable bonds is 9. The number of nitrogens with zero attached hydrogens (tertiary/aromatic N) is 1. The highest BCUT2D eigenvalue weighted by atomic mass is 16.5. The van der Waals surface area contributed by atoms with Gasteiger partial charge in [0.25, 0.3) is 5.91 Å². The molecule has 1 amide bonds. The number of aromatic nitrogens is 1. The van der Waals surface area contributed by atoms with Crippen molar-refractivity contribution >= 4 is 22.7 Å². The number of benzene rings is 3. The van der Waals surface area contributed by atoms with Crippen molar-refractivity contribution in [3.8, 4) is 17.2 Å². The third kappa shape index (κ3) is 5.73. The van der Waals surface area contributed by atoms with Crippen LogP contribution in [0, 0.1) is 6.92 Å². The van der Waals surface area contributed by atoms with E-state index in [2.05, 4.69) is 57.3 Å². The average Bonchev–Trinajstić information content (AvgIpc) is 3.31. The average molecular weight is 471 g/mol. The number of carbonyl (C=O) groups excluding carboxylic acids is 1. The van der Waals surface area contributed by atoms with E-state index in [4.69, 9.17) is 14.1 Å². The molecule has 4 aromatic rings. The number of hydrogen-bond donors (Lipinski definition) is 1. The van der Waals surface area contributed by atoms with Crippen LogP contribution in [0.2, 0.25) is 0 Å². The Labute approximate surface area is 207 Å².